The maximum Gasteiger partial charge on any atom is 0.295 e. The summed E-state index contributed by atoms with van der Waals surface area (Å²) in [5.41, 5.74) is 0.877. The fourth-order valence-corrected chi connectivity index (χ4v) is 2.26. The van der Waals surface area contributed by atoms with Gasteiger partial charge in [-0.2, -0.15) is 0 Å². The Morgan fingerprint density at radius 1 is 1.47 bits per heavy atom. The molecular formula is C10H13F2N3. The van der Waals surface area contributed by atoms with E-state index in [2.05, 4.69) is 10.3 Å². The lowest BCUT2D eigenvalue weighted by Gasteiger charge is -2.26. The molecule has 1 fully saturated rings. The monoisotopic (exact) mass is 213 g/mol. The molecule has 2 heterocycles. The molecule has 0 spiro atoms. The van der Waals surface area contributed by atoms with Crippen molar-refractivity contribution in [1.82, 2.24) is 14.9 Å². The van der Waals surface area contributed by atoms with Gasteiger partial charge in [-0.1, -0.05) is 0 Å². The SMILES string of the molecule is FC(F)c1ncc2n1CC(C1CC1)NC2. The van der Waals surface area contributed by atoms with Gasteiger partial charge in [0, 0.05) is 19.1 Å². The van der Waals surface area contributed by atoms with Gasteiger partial charge in [0.15, 0.2) is 5.82 Å². The van der Waals surface area contributed by atoms with Gasteiger partial charge in [-0.3, -0.25) is 0 Å². The molecule has 0 bridgehead atoms. The highest BCUT2D eigenvalue weighted by molar-refractivity contribution is 5.10. The first kappa shape index (κ1) is 9.27. The summed E-state index contributed by atoms with van der Waals surface area (Å²) in [6, 6.07) is 0.365. The van der Waals surface area contributed by atoms with E-state index >= 15 is 0 Å². The van der Waals surface area contributed by atoms with E-state index in [9.17, 15) is 8.78 Å². The number of halogens is 2. The van der Waals surface area contributed by atoms with Crippen LogP contribution >= 0.6 is 0 Å². The van der Waals surface area contributed by atoms with Gasteiger partial charge in [-0.25, -0.2) is 13.8 Å². The molecule has 82 valence electrons. The lowest BCUT2D eigenvalue weighted by molar-refractivity contribution is 0.132. The number of rotatable bonds is 2. The predicted octanol–water partition coefficient (Wildman–Crippen LogP) is 1.70. The van der Waals surface area contributed by atoms with E-state index in [4.69, 9.17) is 0 Å². The van der Waals surface area contributed by atoms with Crippen LogP contribution in [-0.2, 0) is 13.1 Å². The fourth-order valence-electron chi connectivity index (χ4n) is 2.26. The van der Waals surface area contributed by atoms with Gasteiger partial charge >= 0.3 is 0 Å². The summed E-state index contributed by atoms with van der Waals surface area (Å²) in [6.07, 6.45) is 1.55. The quantitative estimate of drug-likeness (QED) is 0.810. The molecule has 1 atom stereocenters. The number of imidazole rings is 1. The molecule has 15 heavy (non-hydrogen) atoms. The Hall–Kier alpha value is -0.970. The lowest BCUT2D eigenvalue weighted by Crippen LogP contribution is -2.40. The summed E-state index contributed by atoms with van der Waals surface area (Å²) < 4.78 is 26.9. The van der Waals surface area contributed by atoms with E-state index in [1.807, 2.05) is 0 Å². The first-order chi connectivity index (χ1) is 7.25. The molecule has 0 radical (unpaired) electrons. The second-order valence-corrected chi connectivity index (χ2v) is 4.34. The van der Waals surface area contributed by atoms with Crippen LogP contribution in [0.2, 0.25) is 0 Å². The van der Waals surface area contributed by atoms with Gasteiger partial charge in [-0.15, -0.1) is 0 Å². The Kier molecular flexibility index (Phi) is 2.02. The van der Waals surface area contributed by atoms with E-state index < -0.39 is 6.43 Å². The highest BCUT2D eigenvalue weighted by Gasteiger charge is 2.34. The van der Waals surface area contributed by atoms with Crippen molar-refractivity contribution in [1.29, 1.82) is 0 Å². The molecule has 1 aliphatic carbocycles. The Labute approximate surface area is 86.5 Å². The van der Waals surface area contributed by atoms with Gasteiger partial charge in [0.25, 0.3) is 6.43 Å². The maximum atomic E-state index is 12.6. The minimum atomic E-state index is -2.46. The summed E-state index contributed by atoms with van der Waals surface area (Å²) in [5, 5.41) is 3.38. The predicted molar refractivity (Wildman–Crippen MR) is 50.5 cm³/mol. The molecule has 3 nitrogen and oxygen atoms in total. The third kappa shape index (κ3) is 1.55. The molecule has 5 heteroatoms. The summed E-state index contributed by atoms with van der Waals surface area (Å²) in [6.45, 7) is 1.32. The van der Waals surface area contributed by atoms with E-state index in [0.717, 1.165) is 5.69 Å². The van der Waals surface area contributed by atoms with Crippen molar-refractivity contribution in [2.24, 2.45) is 5.92 Å². The molecule has 0 aromatic carbocycles. The van der Waals surface area contributed by atoms with Crippen molar-refractivity contribution in [2.75, 3.05) is 0 Å². The van der Waals surface area contributed by atoms with Crippen molar-refractivity contribution in [3.8, 4) is 0 Å². The van der Waals surface area contributed by atoms with Crippen LogP contribution in [0.25, 0.3) is 0 Å². The summed E-state index contributed by atoms with van der Waals surface area (Å²) in [7, 11) is 0. The highest BCUT2D eigenvalue weighted by Crippen LogP contribution is 2.35. The molecule has 3 rings (SSSR count). The van der Waals surface area contributed by atoms with Crippen LogP contribution < -0.4 is 5.32 Å². The van der Waals surface area contributed by atoms with Gasteiger partial charge in [0.2, 0.25) is 0 Å². The number of hydrogen-bond acceptors (Lipinski definition) is 2. The topological polar surface area (TPSA) is 29.9 Å². The lowest BCUT2D eigenvalue weighted by atomic mass is 10.1. The molecule has 1 N–H and O–H groups in total. The maximum absolute atomic E-state index is 12.6. The first-order valence-electron chi connectivity index (χ1n) is 5.31. The van der Waals surface area contributed by atoms with Gasteiger partial charge < -0.3 is 9.88 Å². The number of hydrogen-bond donors (Lipinski definition) is 1. The minimum absolute atomic E-state index is 0.0721. The Balaban J connectivity index is 1.88. The molecular weight excluding hydrogens is 200 g/mol. The fraction of sp³-hybridized carbons (Fsp3) is 0.700. The molecule has 1 aromatic heterocycles. The Morgan fingerprint density at radius 2 is 2.27 bits per heavy atom. The zero-order valence-corrected chi connectivity index (χ0v) is 8.29. The third-order valence-electron chi connectivity index (χ3n) is 3.28. The van der Waals surface area contributed by atoms with Gasteiger partial charge in [0.1, 0.15) is 0 Å². The zero-order chi connectivity index (χ0) is 10.4. The van der Waals surface area contributed by atoms with Crippen LogP contribution in [0.1, 0.15) is 30.8 Å². The Bertz CT molecular complexity index is 371. The van der Waals surface area contributed by atoms with E-state index in [0.29, 0.717) is 25.0 Å². The molecule has 0 saturated heterocycles. The van der Waals surface area contributed by atoms with E-state index in [-0.39, 0.29) is 5.82 Å². The molecule has 1 aliphatic heterocycles. The average Bonchev–Trinajstić information content (AvgIpc) is 2.97. The van der Waals surface area contributed by atoms with Crippen LogP contribution in [0, 0.1) is 5.92 Å². The normalized spacial score (nSPS) is 25.7. The summed E-state index contributed by atoms with van der Waals surface area (Å²) in [4.78, 5) is 3.78. The van der Waals surface area contributed by atoms with Crippen molar-refractivity contribution in [3.05, 3.63) is 17.7 Å². The number of aromatic nitrogens is 2. The smallest absolute Gasteiger partial charge is 0.295 e. The summed E-state index contributed by atoms with van der Waals surface area (Å²) >= 11 is 0. The van der Waals surface area contributed by atoms with Crippen LogP contribution in [0.3, 0.4) is 0 Å². The molecule has 2 aliphatic rings. The Morgan fingerprint density at radius 3 is 2.93 bits per heavy atom. The average molecular weight is 213 g/mol. The number of nitrogens with one attached hydrogen (secondary N) is 1. The van der Waals surface area contributed by atoms with Crippen molar-refractivity contribution in [2.45, 2.75) is 38.4 Å². The number of fused-ring (bicyclic) bond motifs is 1. The van der Waals surface area contributed by atoms with Gasteiger partial charge in [0.05, 0.1) is 11.9 Å². The molecule has 0 amide bonds. The zero-order valence-electron chi connectivity index (χ0n) is 8.29. The first-order valence-corrected chi connectivity index (χ1v) is 5.31. The van der Waals surface area contributed by atoms with Crippen LogP contribution in [0.15, 0.2) is 6.20 Å². The number of nitrogens with zero attached hydrogens (tertiary/aromatic N) is 2. The van der Waals surface area contributed by atoms with Crippen LogP contribution in [-0.4, -0.2) is 15.6 Å². The second kappa shape index (κ2) is 3.27. The van der Waals surface area contributed by atoms with Gasteiger partial charge in [-0.05, 0) is 18.8 Å². The molecule has 1 saturated carbocycles. The summed E-state index contributed by atoms with van der Waals surface area (Å²) in [5.74, 6) is 0.614. The second-order valence-electron chi connectivity index (χ2n) is 4.34. The standard InChI is InChI=1S/C10H13F2N3/c11-9(12)10-14-4-7-3-13-8(5-15(7)10)6-1-2-6/h4,6,8-9,13H,1-3,5H2. The highest BCUT2D eigenvalue weighted by atomic mass is 19.3. The van der Waals surface area contributed by atoms with Crippen LogP contribution in [0.4, 0.5) is 8.78 Å². The van der Waals surface area contributed by atoms with Crippen LogP contribution in [0.5, 0.6) is 0 Å². The van der Waals surface area contributed by atoms with E-state index in [1.54, 1.807) is 10.8 Å². The third-order valence-corrected chi connectivity index (χ3v) is 3.28. The number of alkyl halides is 2. The van der Waals surface area contributed by atoms with Crippen molar-refractivity contribution < 1.29 is 8.78 Å². The van der Waals surface area contributed by atoms with Crippen molar-refractivity contribution >= 4 is 0 Å². The molecule has 1 unspecified atom stereocenters. The largest absolute Gasteiger partial charge is 0.324 e. The molecule has 1 aromatic rings. The minimum Gasteiger partial charge on any atom is -0.324 e. The van der Waals surface area contributed by atoms with Crippen molar-refractivity contribution in [3.63, 3.8) is 0 Å². The van der Waals surface area contributed by atoms with E-state index in [1.165, 1.54) is 12.8 Å².